The minimum absolute atomic E-state index is 0.408. The molecule has 0 aliphatic heterocycles. The largest absolute Gasteiger partial charge is 0.335 e. The van der Waals surface area contributed by atoms with Gasteiger partial charge in [0.05, 0.1) is 0 Å². The summed E-state index contributed by atoms with van der Waals surface area (Å²) in [6.45, 7) is 3.19. The molecule has 1 heterocycles. The average Bonchev–Trinajstić information content (AvgIpc) is 2.56. The SMILES string of the molecule is Cc1nccn1CC1(CS)CCCCCC1. The summed E-state index contributed by atoms with van der Waals surface area (Å²) in [6.07, 6.45) is 12.2. The van der Waals surface area contributed by atoms with Gasteiger partial charge in [0.25, 0.3) is 0 Å². The molecule has 3 heteroatoms. The van der Waals surface area contributed by atoms with Crippen molar-refractivity contribution in [1.29, 1.82) is 0 Å². The minimum Gasteiger partial charge on any atom is -0.335 e. The van der Waals surface area contributed by atoms with Crippen molar-refractivity contribution in [3.8, 4) is 0 Å². The quantitative estimate of drug-likeness (QED) is 0.630. The first-order valence-corrected chi connectivity index (χ1v) is 6.98. The van der Waals surface area contributed by atoms with Crippen molar-refractivity contribution >= 4 is 12.6 Å². The molecule has 2 rings (SSSR count). The first kappa shape index (κ1) is 12.0. The van der Waals surface area contributed by atoms with E-state index in [1.54, 1.807) is 0 Å². The summed E-state index contributed by atoms with van der Waals surface area (Å²) in [5.41, 5.74) is 0.408. The van der Waals surface area contributed by atoms with Crippen molar-refractivity contribution in [3.63, 3.8) is 0 Å². The van der Waals surface area contributed by atoms with Crippen LogP contribution in [-0.2, 0) is 6.54 Å². The van der Waals surface area contributed by atoms with Crippen molar-refractivity contribution in [2.24, 2.45) is 5.41 Å². The maximum Gasteiger partial charge on any atom is 0.105 e. The van der Waals surface area contributed by atoms with Gasteiger partial charge in [-0.2, -0.15) is 12.6 Å². The van der Waals surface area contributed by atoms with Crippen LogP contribution in [-0.4, -0.2) is 15.3 Å². The molecule has 0 amide bonds. The van der Waals surface area contributed by atoms with Crippen LogP contribution >= 0.6 is 12.6 Å². The van der Waals surface area contributed by atoms with Crippen molar-refractivity contribution in [2.45, 2.75) is 52.0 Å². The van der Waals surface area contributed by atoms with Crippen LogP contribution in [0.2, 0.25) is 0 Å². The topological polar surface area (TPSA) is 17.8 Å². The molecular weight excluding hydrogens is 216 g/mol. The third-order valence-electron chi connectivity index (χ3n) is 3.93. The van der Waals surface area contributed by atoms with E-state index in [2.05, 4.69) is 35.3 Å². The molecule has 1 aromatic rings. The molecule has 90 valence electrons. The molecule has 1 saturated carbocycles. The fraction of sp³-hybridized carbons (Fsp3) is 0.769. The van der Waals surface area contributed by atoms with Crippen LogP contribution in [0.25, 0.3) is 0 Å². The minimum atomic E-state index is 0.408. The molecular formula is C13H22N2S. The van der Waals surface area contributed by atoms with Crippen molar-refractivity contribution in [1.82, 2.24) is 9.55 Å². The summed E-state index contributed by atoms with van der Waals surface area (Å²) in [7, 11) is 0. The molecule has 1 aliphatic rings. The summed E-state index contributed by atoms with van der Waals surface area (Å²) in [5, 5.41) is 0. The molecule has 1 aliphatic carbocycles. The summed E-state index contributed by atoms with van der Waals surface area (Å²) in [4.78, 5) is 4.31. The van der Waals surface area contributed by atoms with Crippen LogP contribution in [0, 0.1) is 12.3 Å². The van der Waals surface area contributed by atoms with Gasteiger partial charge in [0.15, 0.2) is 0 Å². The van der Waals surface area contributed by atoms with Gasteiger partial charge in [0, 0.05) is 18.9 Å². The number of hydrogen-bond donors (Lipinski definition) is 1. The Bertz CT molecular complexity index is 324. The van der Waals surface area contributed by atoms with Gasteiger partial charge in [-0.25, -0.2) is 4.98 Å². The van der Waals surface area contributed by atoms with Gasteiger partial charge >= 0.3 is 0 Å². The Morgan fingerprint density at radius 3 is 2.50 bits per heavy atom. The number of rotatable bonds is 3. The fourth-order valence-electron chi connectivity index (χ4n) is 2.78. The van der Waals surface area contributed by atoms with E-state index < -0.39 is 0 Å². The molecule has 0 N–H and O–H groups in total. The summed E-state index contributed by atoms with van der Waals surface area (Å²) in [6, 6.07) is 0. The fourth-order valence-corrected chi connectivity index (χ4v) is 3.19. The second kappa shape index (κ2) is 5.26. The first-order valence-electron chi connectivity index (χ1n) is 6.34. The van der Waals surface area contributed by atoms with Crippen LogP contribution in [0.5, 0.6) is 0 Å². The highest BCUT2D eigenvalue weighted by Crippen LogP contribution is 2.37. The Balaban J connectivity index is 2.11. The second-order valence-electron chi connectivity index (χ2n) is 5.17. The molecule has 0 unspecified atom stereocenters. The third-order valence-corrected chi connectivity index (χ3v) is 4.60. The second-order valence-corrected chi connectivity index (χ2v) is 5.49. The molecule has 2 nitrogen and oxygen atoms in total. The van der Waals surface area contributed by atoms with Gasteiger partial charge in [-0.05, 0) is 30.9 Å². The highest BCUT2D eigenvalue weighted by atomic mass is 32.1. The van der Waals surface area contributed by atoms with Gasteiger partial charge in [0.1, 0.15) is 5.82 Å². The number of nitrogens with zero attached hydrogens (tertiary/aromatic N) is 2. The maximum atomic E-state index is 4.61. The molecule has 0 saturated heterocycles. The average molecular weight is 238 g/mol. The van der Waals surface area contributed by atoms with E-state index in [1.165, 1.54) is 38.5 Å². The molecule has 16 heavy (non-hydrogen) atoms. The zero-order chi connectivity index (χ0) is 11.4. The summed E-state index contributed by atoms with van der Waals surface area (Å²) in [5.74, 6) is 2.13. The molecule has 1 aromatic heterocycles. The lowest BCUT2D eigenvalue weighted by Crippen LogP contribution is -2.28. The standard InChI is InChI=1S/C13H22N2S/c1-12-14-8-9-15(12)10-13(11-16)6-4-2-3-5-7-13/h8-9,16H,2-7,10-11H2,1H3. The zero-order valence-corrected chi connectivity index (χ0v) is 11.0. The Morgan fingerprint density at radius 1 is 1.31 bits per heavy atom. The van der Waals surface area contributed by atoms with Gasteiger partial charge in [-0.3, -0.25) is 0 Å². The van der Waals surface area contributed by atoms with E-state index in [1.807, 2.05) is 6.20 Å². The van der Waals surface area contributed by atoms with E-state index in [4.69, 9.17) is 0 Å². The molecule has 0 bridgehead atoms. The smallest absolute Gasteiger partial charge is 0.105 e. The lowest BCUT2D eigenvalue weighted by Gasteiger charge is -2.32. The summed E-state index contributed by atoms with van der Waals surface area (Å²) >= 11 is 4.61. The van der Waals surface area contributed by atoms with Crippen LogP contribution in [0.4, 0.5) is 0 Å². The molecule has 0 spiro atoms. The number of aryl methyl sites for hydroxylation is 1. The van der Waals surface area contributed by atoms with Gasteiger partial charge in [0.2, 0.25) is 0 Å². The van der Waals surface area contributed by atoms with E-state index in [0.717, 1.165) is 18.1 Å². The van der Waals surface area contributed by atoms with Crippen molar-refractivity contribution < 1.29 is 0 Å². The van der Waals surface area contributed by atoms with E-state index in [9.17, 15) is 0 Å². The lowest BCUT2D eigenvalue weighted by molar-refractivity contribution is 0.239. The van der Waals surface area contributed by atoms with Crippen molar-refractivity contribution in [2.75, 3.05) is 5.75 Å². The van der Waals surface area contributed by atoms with Crippen LogP contribution in [0.1, 0.15) is 44.3 Å². The van der Waals surface area contributed by atoms with Crippen LogP contribution in [0.3, 0.4) is 0 Å². The Hall–Kier alpha value is -0.440. The Morgan fingerprint density at radius 2 is 2.00 bits per heavy atom. The predicted molar refractivity (Wildman–Crippen MR) is 71.0 cm³/mol. The molecule has 0 radical (unpaired) electrons. The van der Waals surface area contributed by atoms with Crippen molar-refractivity contribution in [3.05, 3.63) is 18.2 Å². The maximum absolute atomic E-state index is 4.61. The van der Waals surface area contributed by atoms with Gasteiger partial charge in [-0.1, -0.05) is 25.7 Å². The first-order chi connectivity index (χ1) is 7.76. The molecule has 0 atom stereocenters. The molecule has 1 fully saturated rings. The van der Waals surface area contributed by atoms with Crippen LogP contribution in [0.15, 0.2) is 12.4 Å². The lowest BCUT2D eigenvalue weighted by atomic mass is 9.82. The van der Waals surface area contributed by atoms with Gasteiger partial charge in [-0.15, -0.1) is 0 Å². The van der Waals surface area contributed by atoms with Crippen LogP contribution < -0.4 is 0 Å². The molecule has 0 aromatic carbocycles. The summed E-state index contributed by atoms with van der Waals surface area (Å²) < 4.78 is 2.29. The zero-order valence-electron chi connectivity index (χ0n) is 10.2. The number of hydrogen-bond acceptors (Lipinski definition) is 2. The van der Waals surface area contributed by atoms with E-state index >= 15 is 0 Å². The number of aromatic nitrogens is 2. The monoisotopic (exact) mass is 238 g/mol. The number of thiol groups is 1. The Labute approximate surface area is 104 Å². The predicted octanol–water partition coefficient (Wildman–Crippen LogP) is 3.46. The highest BCUT2D eigenvalue weighted by Gasteiger charge is 2.30. The highest BCUT2D eigenvalue weighted by molar-refractivity contribution is 7.80. The third kappa shape index (κ3) is 2.62. The van der Waals surface area contributed by atoms with E-state index in [-0.39, 0.29) is 0 Å². The van der Waals surface area contributed by atoms with E-state index in [0.29, 0.717) is 5.41 Å². The van der Waals surface area contributed by atoms with Gasteiger partial charge < -0.3 is 4.57 Å². The Kier molecular flexibility index (Phi) is 3.95. The normalized spacial score (nSPS) is 20.6. The number of imidazole rings is 1.